The molecule has 0 heterocycles. The first-order valence-corrected chi connectivity index (χ1v) is 5.04. The van der Waals surface area contributed by atoms with Crippen molar-refractivity contribution in [3.63, 3.8) is 0 Å². The van der Waals surface area contributed by atoms with Crippen molar-refractivity contribution in [3.05, 3.63) is 38.1 Å². The summed E-state index contributed by atoms with van der Waals surface area (Å²) in [6.07, 6.45) is 7.80. The molecule has 2 nitrogen and oxygen atoms in total. The van der Waals surface area contributed by atoms with Crippen LogP contribution in [0.3, 0.4) is 0 Å². The molecule has 80 valence electrons. The smallest absolute Gasteiger partial charge is 0.0276 e. The van der Waals surface area contributed by atoms with Gasteiger partial charge in [0.1, 0.15) is 0 Å². The first kappa shape index (κ1) is 13.0. The van der Waals surface area contributed by atoms with Crippen LogP contribution < -0.4 is 5.32 Å². The summed E-state index contributed by atoms with van der Waals surface area (Å²) in [6, 6.07) is 0.444. The molecule has 0 spiro atoms. The minimum atomic E-state index is 0.444. The zero-order chi connectivity index (χ0) is 10.8. The monoisotopic (exact) mass is 194 g/mol. The molecule has 2 heteroatoms. The Balaban J connectivity index is 3.77. The molecule has 0 fully saturated rings. The standard InChI is InChI=1S/C12H22N2/c1-5-8-9-12(6-2)14(4)11-10-13-7-3/h5-7,12-13H,1-3,8-11H2,4H3. The van der Waals surface area contributed by atoms with Crippen LogP contribution in [0.5, 0.6) is 0 Å². The van der Waals surface area contributed by atoms with Gasteiger partial charge in [0.05, 0.1) is 0 Å². The molecule has 0 saturated heterocycles. The van der Waals surface area contributed by atoms with Gasteiger partial charge in [0.25, 0.3) is 0 Å². The Bertz CT molecular complexity index is 175. The molecule has 0 radical (unpaired) electrons. The molecule has 0 rings (SSSR count). The van der Waals surface area contributed by atoms with Crippen LogP contribution >= 0.6 is 0 Å². The third-order valence-electron chi connectivity index (χ3n) is 2.26. The van der Waals surface area contributed by atoms with Gasteiger partial charge in [0, 0.05) is 19.1 Å². The fourth-order valence-corrected chi connectivity index (χ4v) is 1.32. The molecular weight excluding hydrogens is 172 g/mol. The Kier molecular flexibility index (Phi) is 7.95. The molecule has 0 aromatic carbocycles. The van der Waals surface area contributed by atoms with Gasteiger partial charge in [0.15, 0.2) is 0 Å². The molecule has 0 bridgehead atoms. The largest absolute Gasteiger partial charge is 0.390 e. The van der Waals surface area contributed by atoms with E-state index in [9.17, 15) is 0 Å². The summed E-state index contributed by atoms with van der Waals surface area (Å²) in [5, 5.41) is 3.08. The molecule has 0 saturated carbocycles. The van der Waals surface area contributed by atoms with Gasteiger partial charge in [-0.1, -0.05) is 18.7 Å². The summed E-state index contributed by atoms with van der Waals surface area (Å²) in [5.41, 5.74) is 0. The molecule has 0 amide bonds. The number of likely N-dealkylation sites (N-methyl/N-ethyl adjacent to an activating group) is 1. The number of hydrogen-bond donors (Lipinski definition) is 1. The van der Waals surface area contributed by atoms with Crippen molar-refractivity contribution >= 4 is 0 Å². The highest BCUT2D eigenvalue weighted by molar-refractivity contribution is 4.88. The fourth-order valence-electron chi connectivity index (χ4n) is 1.32. The lowest BCUT2D eigenvalue weighted by Gasteiger charge is -2.24. The van der Waals surface area contributed by atoms with Crippen LogP contribution in [0.15, 0.2) is 38.1 Å². The molecule has 1 unspecified atom stereocenters. The maximum atomic E-state index is 3.85. The third-order valence-corrected chi connectivity index (χ3v) is 2.26. The second kappa shape index (κ2) is 8.57. The molecular formula is C12H22N2. The molecule has 0 aromatic heterocycles. The van der Waals surface area contributed by atoms with Crippen molar-refractivity contribution in [2.24, 2.45) is 0 Å². The van der Waals surface area contributed by atoms with Gasteiger partial charge < -0.3 is 5.32 Å². The van der Waals surface area contributed by atoms with Crippen LogP contribution in [-0.2, 0) is 0 Å². The predicted molar refractivity (Wildman–Crippen MR) is 64.2 cm³/mol. The Hall–Kier alpha value is -1.02. The highest BCUT2D eigenvalue weighted by Gasteiger charge is 2.08. The SMILES string of the molecule is C=CCCC(C=C)N(C)CCNC=C. The van der Waals surface area contributed by atoms with Crippen LogP contribution in [0.25, 0.3) is 0 Å². The van der Waals surface area contributed by atoms with E-state index in [1.54, 1.807) is 6.20 Å². The van der Waals surface area contributed by atoms with Crippen LogP contribution in [0.2, 0.25) is 0 Å². The second-order valence-corrected chi connectivity index (χ2v) is 3.31. The first-order chi connectivity index (χ1) is 6.76. The lowest BCUT2D eigenvalue weighted by molar-refractivity contribution is 0.274. The van der Waals surface area contributed by atoms with Crippen molar-refractivity contribution in [3.8, 4) is 0 Å². The van der Waals surface area contributed by atoms with Gasteiger partial charge in [-0.2, -0.15) is 0 Å². The zero-order valence-electron chi connectivity index (χ0n) is 9.21. The lowest BCUT2D eigenvalue weighted by atomic mass is 10.1. The van der Waals surface area contributed by atoms with E-state index >= 15 is 0 Å². The molecule has 1 N–H and O–H groups in total. The van der Waals surface area contributed by atoms with E-state index in [0.29, 0.717) is 6.04 Å². The van der Waals surface area contributed by atoms with E-state index in [2.05, 4.69) is 37.0 Å². The van der Waals surface area contributed by atoms with E-state index in [4.69, 9.17) is 0 Å². The van der Waals surface area contributed by atoms with Crippen molar-refractivity contribution in [2.45, 2.75) is 18.9 Å². The van der Waals surface area contributed by atoms with E-state index in [0.717, 1.165) is 25.9 Å². The average molecular weight is 194 g/mol. The van der Waals surface area contributed by atoms with Crippen molar-refractivity contribution < 1.29 is 0 Å². The fraction of sp³-hybridized carbons (Fsp3) is 0.500. The molecule has 0 aliphatic carbocycles. The summed E-state index contributed by atoms with van der Waals surface area (Å²) in [6.45, 7) is 13.1. The number of allylic oxidation sites excluding steroid dienone is 1. The average Bonchev–Trinajstić information content (AvgIpc) is 2.19. The lowest BCUT2D eigenvalue weighted by Crippen LogP contribution is -2.34. The topological polar surface area (TPSA) is 15.3 Å². The predicted octanol–water partition coefficient (Wildman–Crippen LogP) is 2.17. The molecule has 14 heavy (non-hydrogen) atoms. The van der Waals surface area contributed by atoms with Crippen molar-refractivity contribution in [2.75, 3.05) is 20.1 Å². The molecule has 0 aliphatic heterocycles. The number of rotatable bonds is 9. The zero-order valence-corrected chi connectivity index (χ0v) is 9.21. The van der Waals surface area contributed by atoms with Crippen LogP contribution in [0.4, 0.5) is 0 Å². The Morgan fingerprint density at radius 3 is 2.57 bits per heavy atom. The molecule has 1 atom stereocenters. The summed E-state index contributed by atoms with van der Waals surface area (Å²) in [7, 11) is 2.11. The van der Waals surface area contributed by atoms with E-state index in [1.807, 2.05) is 12.2 Å². The van der Waals surface area contributed by atoms with Gasteiger partial charge in [-0.25, -0.2) is 0 Å². The summed E-state index contributed by atoms with van der Waals surface area (Å²) in [4.78, 5) is 2.28. The van der Waals surface area contributed by atoms with Crippen LogP contribution in [-0.4, -0.2) is 31.1 Å². The van der Waals surface area contributed by atoms with E-state index < -0.39 is 0 Å². The molecule has 0 aromatic rings. The Labute approximate surface area is 88.0 Å². The van der Waals surface area contributed by atoms with Crippen LogP contribution in [0.1, 0.15) is 12.8 Å². The first-order valence-electron chi connectivity index (χ1n) is 5.04. The van der Waals surface area contributed by atoms with Gasteiger partial charge >= 0.3 is 0 Å². The van der Waals surface area contributed by atoms with Crippen molar-refractivity contribution in [1.29, 1.82) is 0 Å². The minimum Gasteiger partial charge on any atom is -0.390 e. The van der Waals surface area contributed by atoms with E-state index in [1.165, 1.54) is 0 Å². The summed E-state index contributed by atoms with van der Waals surface area (Å²) >= 11 is 0. The summed E-state index contributed by atoms with van der Waals surface area (Å²) < 4.78 is 0. The Morgan fingerprint density at radius 2 is 2.07 bits per heavy atom. The number of nitrogens with zero attached hydrogens (tertiary/aromatic N) is 1. The minimum absolute atomic E-state index is 0.444. The quantitative estimate of drug-likeness (QED) is 0.447. The molecule has 0 aliphatic rings. The maximum absolute atomic E-state index is 3.85. The van der Waals surface area contributed by atoms with E-state index in [-0.39, 0.29) is 0 Å². The van der Waals surface area contributed by atoms with Gasteiger partial charge in [-0.05, 0) is 26.1 Å². The van der Waals surface area contributed by atoms with Gasteiger partial charge in [0.2, 0.25) is 0 Å². The van der Waals surface area contributed by atoms with Crippen molar-refractivity contribution in [1.82, 2.24) is 10.2 Å². The third kappa shape index (κ3) is 5.60. The number of hydrogen-bond acceptors (Lipinski definition) is 2. The Morgan fingerprint density at radius 1 is 1.36 bits per heavy atom. The normalized spacial score (nSPS) is 12.1. The highest BCUT2D eigenvalue weighted by atomic mass is 15.1. The van der Waals surface area contributed by atoms with Gasteiger partial charge in [-0.3, -0.25) is 4.90 Å². The second-order valence-electron chi connectivity index (χ2n) is 3.31. The van der Waals surface area contributed by atoms with Crippen LogP contribution in [0, 0.1) is 0 Å². The van der Waals surface area contributed by atoms with Gasteiger partial charge in [-0.15, -0.1) is 13.2 Å². The summed E-state index contributed by atoms with van der Waals surface area (Å²) in [5.74, 6) is 0. The highest BCUT2D eigenvalue weighted by Crippen LogP contribution is 2.05. The number of nitrogens with one attached hydrogen (secondary N) is 1. The maximum Gasteiger partial charge on any atom is 0.0276 e.